The van der Waals surface area contributed by atoms with E-state index in [0.717, 1.165) is 0 Å². The topological polar surface area (TPSA) is 117 Å². The molecule has 0 saturated heterocycles. The lowest BCUT2D eigenvalue weighted by atomic mass is 9.98. The lowest BCUT2D eigenvalue weighted by Gasteiger charge is -2.10. The Labute approximate surface area is 110 Å². The van der Waals surface area contributed by atoms with Crippen molar-refractivity contribution in [2.75, 3.05) is 5.73 Å². The van der Waals surface area contributed by atoms with Crippen LogP contribution >= 0.6 is 0 Å². The summed E-state index contributed by atoms with van der Waals surface area (Å²) in [6, 6.07) is 4.13. The van der Waals surface area contributed by atoms with E-state index in [1.807, 2.05) is 0 Å². The summed E-state index contributed by atoms with van der Waals surface area (Å²) in [6.07, 6.45) is 5.22. The van der Waals surface area contributed by atoms with Crippen LogP contribution in [0.1, 0.15) is 12.0 Å². The number of benzene rings is 1. The van der Waals surface area contributed by atoms with E-state index >= 15 is 0 Å². The lowest BCUT2D eigenvalue weighted by Crippen LogP contribution is -2.05. The van der Waals surface area contributed by atoms with E-state index in [2.05, 4.69) is 4.79 Å². The maximum Gasteiger partial charge on any atom is 0.295 e. The first-order valence-corrected chi connectivity index (χ1v) is 6.82. The predicted molar refractivity (Wildman–Crippen MR) is 71.0 cm³/mol. The van der Waals surface area contributed by atoms with E-state index in [1.165, 1.54) is 18.2 Å². The van der Waals surface area contributed by atoms with Gasteiger partial charge in [0.25, 0.3) is 15.8 Å². The number of allylic oxidation sites excluding steroid dienone is 4. The Kier molecular flexibility index (Phi) is 3.35. The molecule has 0 radical (unpaired) electrons. The third-order valence-corrected chi connectivity index (χ3v) is 3.62. The Hall–Kier alpha value is -2.21. The molecule has 0 aromatic heterocycles. The summed E-state index contributed by atoms with van der Waals surface area (Å²) in [5, 5.41) is 0. The molecular formula is C12H11N3O3S. The highest BCUT2D eigenvalue weighted by Crippen LogP contribution is 2.28. The first-order chi connectivity index (χ1) is 8.91. The summed E-state index contributed by atoms with van der Waals surface area (Å²) in [7, 11) is -4.33. The van der Waals surface area contributed by atoms with Crippen LogP contribution < -0.4 is 5.73 Å². The third kappa shape index (κ3) is 2.79. The summed E-state index contributed by atoms with van der Waals surface area (Å²) >= 11 is 0. The fraction of sp³-hybridized carbons (Fsp3) is 0.0833. The molecule has 2 rings (SSSR count). The minimum absolute atomic E-state index is 0.206. The molecule has 98 valence electrons. The zero-order chi connectivity index (χ0) is 14.0. The number of nitrogens with zero attached hydrogens (tertiary/aromatic N) is 2. The molecule has 1 aromatic carbocycles. The zero-order valence-corrected chi connectivity index (χ0v) is 10.6. The summed E-state index contributed by atoms with van der Waals surface area (Å²) in [4.78, 5) is 2.85. The van der Waals surface area contributed by atoms with E-state index in [9.17, 15) is 13.0 Å². The largest absolute Gasteiger partial charge is 0.399 e. The Morgan fingerprint density at radius 2 is 2.05 bits per heavy atom. The van der Waals surface area contributed by atoms with E-state index in [4.69, 9.17) is 11.3 Å². The van der Waals surface area contributed by atoms with Crippen molar-refractivity contribution in [1.29, 1.82) is 0 Å². The van der Waals surface area contributed by atoms with Crippen LogP contribution in [0.5, 0.6) is 0 Å². The number of anilines is 1. The van der Waals surface area contributed by atoms with Gasteiger partial charge >= 0.3 is 0 Å². The second kappa shape index (κ2) is 4.81. The number of hydrogen-bond donors (Lipinski definition) is 2. The van der Waals surface area contributed by atoms with Gasteiger partial charge in [0.1, 0.15) is 4.90 Å². The quantitative estimate of drug-likeness (QED) is 0.369. The molecule has 6 nitrogen and oxygen atoms in total. The highest BCUT2D eigenvalue weighted by molar-refractivity contribution is 7.86. The fourth-order valence-electron chi connectivity index (χ4n) is 1.81. The average Bonchev–Trinajstić information content (AvgIpc) is 2.37. The van der Waals surface area contributed by atoms with Crippen molar-refractivity contribution in [3.63, 3.8) is 0 Å². The first kappa shape index (κ1) is 13.2. The minimum atomic E-state index is -4.33. The molecule has 19 heavy (non-hydrogen) atoms. The molecular weight excluding hydrogens is 266 g/mol. The summed E-state index contributed by atoms with van der Waals surface area (Å²) in [5.74, 6) is 0. The van der Waals surface area contributed by atoms with Gasteiger partial charge in [0.05, 0.1) is 6.42 Å². The van der Waals surface area contributed by atoms with Gasteiger partial charge in [-0.25, -0.2) is 0 Å². The number of rotatable bonds is 2. The smallest absolute Gasteiger partial charge is 0.295 e. The standard InChI is InChI=1S/C12H11N3O3S/c13-9-3-6-12(19(16,17)18)11(7-9)8-1-4-10(15-14)5-2-8/h1-4,6-7H,5,13H2,(H,16,17,18). The van der Waals surface area contributed by atoms with E-state index in [-0.39, 0.29) is 4.90 Å². The molecule has 1 aliphatic carbocycles. The molecule has 0 bridgehead atoms. The van der Waals surface area contributed by atoms with Crippen molar-refractivity contribution >= 4 is 27.1 Å². The van der Waals surface area contributed by atoms with Gasteiger partial charge in [-0.05, 0) is 29.8 Å². The molecule has 0 heterocycles. The van der Waals surface area contributed by atoms with Gasteiger partial charge in [-0.3, -0.25) is 4.55 Å². The predicted octanol–water partition coefficient (Wildman–Crippen LogP) is 1.53. The molecule has 1 aliphatic rings. The number of hydrogen-bond acceptors (Lipinski definition) is 3. The average molecular weight is 277 g/mol. The molecule has 0 aliphatic heterocycles. The summed E-state index contributed by atoms with van der Waals surface area (Å²) < 4.78 is 31.9. The van der Waals surface area contributed by atoms with E-state index in [1.54, 1.807) is 18.2 Å². The molecule has 7 heteroatoms. The zero-order valence-electron chi connectivity index (χ0n) is 9.81. The van der Waals surface area contributed by atoms with Crippen molar-refractivity contribution in [3.8, 4) is 0 Å². The van der Waals surface area contributed by atoms with Crippen molar-refractivity contribution in [1.82, 2.24) is 0 Å². The Morgan fingerprint density at radius 3 is 2.58 bits per heavy atom. The van der Waals surface area contributed by atoms with Gasteiger partial charge in [-0.15, -0.1) is 0 Å². The third-order valence-electron chi connectivity index (χ3n) is 2.71. The Morgan fingerprint density at radius 1 is 1.32 bits per heavy atom. The molecule has 0 spiro atoms. The van der Waals surface area contributed by atoms with Gasteiger partial charge in [-0.2, -0.15) is 13.2 Å². The van der Waals surface area contributed by atoms with Crippen LogP contribution in [0.4, 0.5) is 5.69 Å². The SMILES string of the molecule is [N-]=[N+]=C1C=CC(c2cc(N)ccc2S(=O)(=O)O)=CC1. The second-order valence-electron chi connectivity index (χ2n) is 4.02. The van der Waals surface area contributed by atoms with Crippen molar-refractivity contribution in [2.24, 2.45) is 0 Å². The minimum Gasteiger partial charge on any atom is -0.399 e. The van der Waals surface area contributed by atoms with Crippen molar-refractivity contribution in [3.05, 3.63) is 47.5 Å². The Bertz CT molecular complexity index is 741. The van der Waals surface area contributed by atoms with Gasteiger partial charge in [0, 0.05) is 17.3 Å². The van der Waals surface area contributed by atoms with Crippen LogP contribution in [0.15, 0.2) is 41.3 Å². The van der Waals surface area contributed by atoms with Crippen LogP contribution in [0, 0.1) is 0 Å². The maximum absolute atomic E-state index is 11.3. The van der Waals surface area contributed by atoms with Gasteiger partial charge in [-0.1, -0.05) is 6.08 Å². The van der Waals surface area contributed by atoms with Gasteiger partial charge < -0.3 is 11.3 Å². The number of nitrogen functional groups attached to an aromatic ring is 1. The fourth-order valence-corrected chi connectivity index (χ4v) is 2.50. The second-order valence-corrected chi connectivity index (χ2v) is 5.41. The van der Waals surface area contributed by atoms with Crippen LogP contribution in [0.25, 0.3) is 11.1 Å². The highest BCUT2D eigenvalue weighted by Gasteiger charge is 2.19. The van der Waals surface area contributed by atoms with Gasteiger partial charge in [0.2, 0.25) is 0 Å². The summed E-state index contributed by atoms with van der Waals surface area (Å²) in [5.41, 5.74) is 16.0. The normalized spacial score (nSPS) is 15.0. The van der Waals surface area contributed by atoms with Crippen molar-refractivity contribution < 1.29 is 17.8 Å². The Balaban J connectivity index is 2.58. The monoisotopic (exact) mass is 277 g/mol. The molecule has 0 atom stereocenters. The molecule has 0 amide bonds. The van der Waals surface area contributed by atoms with E-state index in [0.29, 0.717) is 29.0 Å². The van der Waals surface area contributed by atoms with Gasteiger partial charge in [0.15, 0.2) is 0 Å². The first-order valence-electron chi connectivity index (χ1n) is 5.38. The van der Waals surface area contributed by atoms with Crippen LogP contribution in [-0.4, -0.2) is 23.5 Å². The van der Waals surface area contributed by atoms with E-state index < -0.39 is 10.1 Å². The van der Waals surface area contributed by atoms with Crippen LogP contribution in [-0.2, 0) is 10.1 Å². The molecule has 0 saturated carbocycles. The molecule has 0 unspecified atom stereocenters. The summed E-state index contributed by atoms with van der Waals surface area (Å²) in [6.45, 7) is 0. The van der Waals surface area contributed by atoms with Crippen LogP contribution in [0.2, 0.25) is 0 Å². The van der Waals surface area contributed by atoms with Crippen LogP contribution in [0.3, 0.4) is 0 Å². The highest BCUT2D eigenvalue weighted by atomic mass is 32.2. The lowest BCUT2D eigenvalue weighted by molar-refractivity contribution is -0.00535. The number of nitrogens with two attached hydrogens (primary N) is 1. The molecule has 3 N–H and O–H groups in total. The molecule has 0 fully saturated rings. The van der Waals surface area contributed by atoms with Crippen molar-refractivity contribution in [2.45, 2.75) is 11.3 Å². The maximum atomic E-state index is 11.3. The molecule has 1 aromatic rings.